The van der Waals surface area contributed by atoms with Crippen molar-refractivity contribution in [3.8, 4) is 11.5 Å². The van der Waals surface area contributed by atoms with Crippen molar-refractivity contribution in [2.24, 2.45) is 16.5 Å². The van der Waals surface area contributed by atoms with Crippen LogP contribution in [0.3, 0.4) is 0 Å². The molecule has 12 heteroatoms. The van der Waals surface area contributed by atoms with E-state index in [0.29, 0.717) is 25.5 Å². The Morgan fingerprint density at radius 1 is 1.19 bits per heavy atom. The lowest BCUT2D eigenvalue weighted by molar-refractivity contribution is 0.0998. The minimum absolute atomic E-state index is 0.0677. The second-order valence-electron chi connectivity index (χ2n) is 6.77. The highest BCUT2D eigenvalue weighted by molar-refractivity contribution is 6.32. The number of hydrogen-bond acceptors (Lipinski definition) is 8. The molecular formula is C19H25ClN8O3. The summed E-state index contributed by atoms with van der Waals surface area (Å²) in [5, 5.41) is 0.0677. The number of halogens is 1. The van der Waals surface area contributed by atoms with Gasteiger partial charge in [-0.1, -0.05) is 17.7 Å². The maximum Gasteiger partial charge on any atom is 0.302 e. The Hall–Kier alpha value is -3.31. The normalized spacial score (nSPS) is 14.2. The Morgan fingerprint density at radius 3 is 2.58 bits per heavy atom. The lowest BCUT2D eigenvalue weighted by Gasteiger charge is -2.35. The van der Waals surface area contributed by atoms with E-state index in [0.717, 1.165) is 31.1 Å². The molecular weight excluding hydrogens is 424 g/mol. The van der Waals surface area contributed by atoms with Crippen molar-refractivity contribution in [3.63, 3.8) is 0 Å². The molecule has 0 bridgehead atoms. The zero-order valence-electron chi connectivity index (χ0n) is 17.1. The summed E-state index contributed by atoms with van der Waals surface area (Å²) in [4.78, 5) is 27.9. The summed E-state index contributed by atoms with van der Waals surface area (Å²) >= 11 is 6.25. The molecule has 11 nitrogen and oxygen atoms in total. The number of ether oxygens (including phenoxy) is 2. The van der Waals surface area contributed by atoms with Crippen molar-refractivity contribution in [2.75, 3.05) is 57.1 Å². The van der Waals surface area contributed by atoms with Crippen LogP contribution >= 0.6 is 11.6 Å². The van der Waals surface area contributed by atoms with Gasteiger partial charge in [0.15, 0.2) is 28.4 Å². The molecule has 1 aromatic carbocycles. The number of carbonyl (C=O) groups excluding carboxylic acids is 1. The van der Waals surface area contributed by atoms with Gasteiger partial charge < -0.3 is 31.6 Å². The molecule has 0 spiro atoms. The first kappa shape index (κ1) is 22.4. The maximum atomic E-state index is 12.0. The highest BCUT2D eigenvalue weighted by Crippen LogP contribution is 2.26. The number of hydrogen-bond donors (Lipinski definition) is 3. The fourth-order valence-electron chi connectivity index (χ4n) is 3.11. The third-order valence-electron chi connectivity index (χ3n) is 4.69. The molecule has 3 rings (SSSR count). The second-order valence-corrected chi connectivity index (χ2v) is 7.13. The number of aromatic nitrogens is 2. The van der Waals surface area contributed by atoms with Crippen LogP contribution < -0.4 is 31.6 Å². The van der Waals surface area contributed by atoms with Crippen LogP contribution in [0.2, 0.25) is 5.15 Å². The van der Waals surface area contributed by atoms with Gasteiger partial charge in [-0.05, 0) is 12.1 Å². The highest BCUT2D eigenvalue weighted by atomic mass is 35.5. The van der Waals surface area contributed by atoms with Gasteiger partial charge >= 0.3 is 5.91 Å². The lowest BCUT2D eigenvalue weighted by atomic mass is 10.3. The number of nitrogens with two attached hydrogens (primary N) is 3. The van der Waals surface area contributed by atoms with E-state index >= 15 is 0 Å². The van der Waals surface area contributed by atoms with Gasteiger partial charge in [0.2, 0.25) is 0 Å². The molecule has 2 heterocycles. The molecule has 0 radical (unpaired) electrons. The number of nitrogen functional groups attached to an aromatic ring is 1. The Bertz CT molecular complexity index is 959. The molecule has 31 heavy (non-hydrogen) atoms. The summed E-state index contributed by atoms with van der Waals surface area (Å²) in [6.07, 6.45) is 0. The smallest absolute Gasteiger partial charge is 0.302 e. The average molecular weight is 449 g/mol. The third-order valence-corrected chi connectivity index (χ3v) is 4.94. The molecule has 1 aliphatic rings. The Kier molecular flexibility index (Phi) is 7.32. The van der Waals surface area contributed by atoms with Gasteiger partial charge in [-0.2, -0.15) is 4.99 Å². The third kappa shape index (κ3) is 5.86. The van der Waals surface area contributed by atoms with Crippen molar-refractivity contribution < 1.29 is 14.3 Å². The summed E-state index contributed by atoms with van der Waals surface area (Å²) in [5.74, 6) is 0.689. The molecule has 0 aliphatic carbocycles. The minimum Gasteiger partial charge on any atom is -0.497 e. The van der Waals surface area contributed by atoms with Gasteiger partial charge in [-0.3, -0.25) is 9.69 Å². The number of rotatable bonds is 7. The van der Waals surface area contributed by atoms with Crippen LogP contribution in [-0.4, -0.2) is 73.2 Å². The standard InChI is InChI=1S/C19H25ClN8O3/c1-30-12-3-2-4-13(11-12)31-10-9-27-5-7-28(8-6-27)17-15(20)24-14(16(21)25-17)18(29)26-19(22)23/h2-4,11H,5-10H2,1H3,(H2,21,25)(H4,22,23,26,29). The van der Waals surface area contributed by atoms with Gasteiger partial charge in [0.1, 0.15) is 18.1 Å². The first-order valence-electron chi connectivity index (χ1n) is 9.58. The van der Waals surface area contributed by atoms with E-state index in [1.165, 1.54) is 0 Å². The topological polar surface area (TPSA) is 158 Å². The van der Waals surface area contributed by atoms with Gasteiger partial charge in [0, 0.05) is 38.8 Å². The van der Waals surface area contributed by atoms with E-state index in [9.17, 15) is 4.79 Å². The lowest BCUT2D eigenvalue weighted by Crippen LogP contribution is -2.48. The highest BCUT2D eigenvalue weighted by Gasteiger charge is 2.23. The number of methoxy groups -OCH3 is 1. The van der Waals surface area contributed by atoms with Crippen molar-refractivity contribution in [1.29, 1.82) is 0 Å². The minimum atomic E-state index is -0.792. The molecule has 0 unspecified atom stereocenters. The number of piperazine rings is 1. The zero-order chi connectivity index (χ0) is 22.4. The Labute approximate surface area is 184 Å². The number of amides is 1. The number of aliphatic imine (C=N–C) groups is 1. The van der Waals surface area contributed by atoms with Crippen LogP contribution in [0.5, 0.6) is 11.5 Å². The maximum absolute atomic E-state index is 12.0. The average Bonchev–Trinajstić information content (AvgIpc) is 2.75. The van der Waals surface area contributed by atoms with E-state index in [4.69, 9.17) is 38.3 Å². The van der Waals surface area contributed by atoms with Gasteiger partial charge in [-0.25, -0.2) is 9.97 Å². The van der Waals surface area contributed by atoms with E-state index < -0.39 is 11.9 Å². The second kappa shape index (κ2) is 10.1. The molecule has 1 fully saturated rings. The molecule has 1 amide bonds. The van der Waals surface area contributed by atoms with Crippen LogP contribution in [0.25, 0.3) is 0 Å². The van der Waals surface area contributed by atoms with E-state index in [1.54, 1.807) is 7.11 Å². The molecule has 0 atom stereocenters. The molecule has 2 aromatic rings. The summed E-state index contributed by atoms with van der Waals surface area (Å²) in [6, 6.07) is 7.51. The largest absolute Gasteiger partial charge is 0.497 e. The Morgan fingerprint density at radius 2 is 1.90 bits per heavy atom. The van der Waals surface area contributed by atoms with Crippen LogP contribution in [0.15, 0.2) is 29.3 Å². The number of benzene rings is 1. The predicted molar refractivity (Wildman–Crippen MR) is 119 cm³/mol. The first-order chi connectivity index (χ1) is 14.9. The number of carbonyl (C=O) groups is 1. The van der Waals surface area contributed by atoms with Gasteiger partial charge in [0.05, 0.1) is 7.11 Å². The fraction of sp³-hybridized carbons (Fsp3) is 0.368. The van der Waals surface area contributed by atoms with Crippen LogP contribution in [0.1, 0.15) is 10.5 Å². The van der Waals surface area contributed by atoms with Crippen LogP contribution in [0, 0.1) is 0 Å². The quantitative estimate of drug-likeness (QED) is 0.398. The van der Waals surface area contributed by atoms with Crippen LogP contribution in [0.4, 0.5) is 11.6 Å². The fourth-order valence-corrected chi connectivity index (χ4v) is 3.36. The van der Waals surface area contributed by atoms with E-state index in [1.807, 2.05) is 29.2 Å². The zero-order valence-corrected chi connectivity index (χ0v) is 17.9. The number of nitrogens with zero attached hydrogens (tertiary/aromatic N) is 5. The van der Waals surface area contributed by atoms with Crippen molar-refractivity contribution in [3.05, 3.63) is 35.1 Å². The summed E-state index contributed by atoms with van der Waals surface area (Å²) in [5.41, 5.74) is 16.1. The summed E-state index contributed by atoms with van der Waals surface area (Å²) < 4.78 is 11.0. The summed E-state index contributed by atoms with van der Waals surface area (Å²) in [7, 11) is 1.62. The SMILES string of the molecule is COc1cccc(OCCN2CCN(c3nc(N)c(C(=O)N=C(N)N)nc3Cl)CC2)c1. The number of anilines is 2. The molecule has 1 aliphatic heterocycles. The van der Waals surface area contributed by atoms with Crippen LogP contribution in [-0.2, 0) is 0 Å². The van der Waals surface area contributed by atoms with Crippen molar-refractivity contribution >= 4 is 35.1 Å². The van der Waals surface area contributed by atoms with Gasteiger partial charge in [-0.15, -0.1) is 0 Å². The molecule has 1 aromatic heterocycles. The molecule has 166 valence electrons. The first-order valence-corrected chi connectivity index (χ1v) is 9.96. The van der Waals surface area contributed by atoms with Crippen molar-refractivity contribution in [1.82, 2.24) is 14.9 Å². The Balaban J connectivity index is 1.54. The molecule has 0 saturated carbocycles. The van der Waals surface area contributed by atoms with Gasteiger partial charge in [0.25, 0.3) is 0 Å². The monoisotopic (exact) mass is 448 g/mol. The number of guanidine groups is 1. The van der Waals surface area contributed by atoms with E-state index in [2.05, 4.69) is 19.9 Å². The molecule has 6 N–H and O–H groups in total. The summed E-state index contributed by atoms with van der Waals surface area (Å²) in [6.45, 7) is 4.26. The van der Waals surface area contributed by atoms with Crippen molar-refractivity contribution in [2.45, 2.75) is 0 Å². The molecule has 1 saturated heterocycles. The van der Waals surface area contributed by atoms with E-state index in [-0.39, 0.29) is 16.7 Å². The predicted octanol–water partition coefficient (Wildman–Crippen LogP) is 0.335.